The molecule has 0 aliphatic carbocycles. The van der Waals surface area contributed by atoms with Gasteiger partial charge in [0.05, 0.1) is 5.69 Å². The van der Waals surface area contributed by atoms with E-state index in [4.69, 9.17) is 5.73 Å². The molecule has 0 aromatic heterocycles. The van der Waals surface area contributed by atoms with Crippen LogP contribution in [0.3, 0.4) is 0 Å². The van der Waals surface area contributed by atoms with Gasteiger partial charge in [0, 0.05) is 23.4 Å². The highest BCUT2D eigenvalue weighted by Crippen LogP contribution is 2.19. The van der Waals surface area contributed by atoms with E-state index in [2.05, 4.69) is 5.32 Å². The first-order valence-electron chi connectivity index (χ1n) is 5.29. The summed E-state index contributed by atoms with van der Waals surface area (Å²) in [5.74, 6) is -4.26. The zero-order chi connectivity index (χ0) is 14.0. The number of hydrogen-bond acceptors (Lipinski definition) is 2. The second kappa shape index (κ2) is 5.01. The Morgan fingerprint density at radius 2 is 1.53 bits per heavy atom. The largest absolute Gasteiger partial charge is 0.399 e. The Labute approximate surface area is 106 Å². The number of benzene rings is 2. The monoisotopic (exact) mass is 266 g/mol. The second-order valence-electron chi connectivity index (χ2n) is 3.82. The van der Waals surface area contributed by atoms with Crippen LogP contribution in [0.4, 0.5) is 24.5 Å². The van der Waals surface area contributed by atoms with Crippen LogP contribution in [-0.2, 0) is 0 Å². The van der Waals surface area contributed by atoms with Gasteiger partial charge in [0.1, 0.15) is 5.82 Å². The molecule has 98 valence electrons. The van der Waals surface area contributed by atoms with Crippen LogP contribution in [0.1, 0.15) is 10.4 Å². The molecule has 0 fully saturated rings. The Hall–Kier alpha value is -2.50. The van der Waals surface area contributed by atoms with Crippen molar-refractivity contribution in [3.8, 4) is 0 Å². The summed E-state index contributed by atoms with van der Waals surface area (Å²) in [6, 6.07) is 6.81. The molecule has 0 spiro atoms. The smallest absolute Gasteiger partial charge is 0.255 e. The van der Waals surface area contributed by atoms with Crippen molar-refractivity contribution in [3.63, 3.8) is 0 Å². The first-order valence-corrected chi connectivity index (χ1v) is 5.29. The number of carbonyl (C=O) groups is 1. The van der Waals surface area contributed by atoms with Gasteiger partial charge in [0.25, 0.3) is 5.91 Å². The minimum absolute atomic E-state index is 0.221. The van der Waals surface area contributed by atoms with Crippen molar-refractivity contribution in [2.45, 2.75) is 0 Å². The van der Waals surface area contributed by atoms with E-state index in [1.54, 1.807) is 0 Å². The van der Waals surface area contributed by atoms with E-state index < -0.39 is 29.0 Å². The maximum atomic E-state index is 13.3. The Morgan fingerprint density at radius 3 is 2.16 bits per heavy atom. The normalized spacial score (nSPS) is 10.3. The predicted molar refractivity (Wildman–Crippen MR) is 65.1 cm³/mol. The molecule has 2 rings (SSSR count). The molecule has 0 aliphatic heterocycles. The van der Waals surface area contributed by atoms with Crippen molar-refractivity contribution in [3.05, 3.63) is 59.4 Å². The van der Waals surface area contributed by atoms with Gasteiger partial charge in [0.15, 0.2) is 11.6 Å². The van der Waals surface area contributed by atoms with Gasteiger partial charge in [-0.3, -0.25) is 4.79 Å². The fraction of sp³-hybridized carbons (Fsp3) is 0. The number of halogens is 3. The van der Waals surface area contributed by atoms with Crippen molar-refractivity contribution in [2.75, 3.05) is 11.1 Å². The molecule has 0 saturated carbocycles. The molecule has 2 aromatic carbocycles. The van der Waals surface area contributed by atoms with Gasteiger partial charge in [-0.15, -0.1) is 0 Å². The highest BCUT2D eigenvalue weighted by molar-refractivity contribution is 6.04. The van der Waals surface area contributed by atoms with Crippen LogP contribution in [-0.4, -0.2) is 5.91 Å². The van der Waals surface area contributed by atoms with Gasteiger partial charge in [0.2, 0.25) is 0 Å². The second-order valence-corrected chi connectivity index (χ2v) is 3.82. The first kappa shape index (κ1) is 12.9. The van der Waals surface area contributed by atoms with Gasteiger partial charge in [-0.25, -0.2) is 13.2 Å². The van der Waals surface area contributed by atoms with Crippen LogP contribution in [0.5, 0.6) is 0 Å². The molecule has 0 unspecified atom stereocenters. The molecule has 2 aromatic rings. The lowest BCUT2D eigenvalue weighted by Crippen LogP contribution is -2.13. The van der Waals surface area contributed by atoms with Crippen LogP contribution in [0, 0.1) is 17.5 Å². The summed E-state index contributed by atoms with van der Waals surface area (Å²) in [6.45, 7) is 0. The van der Waals surface area contributed by atoms with Gasteiger partial charge < -0.3 is 11.1 Å². The molecule has 0 saturated heterocycles. The summed E-state index contributed by atoms with van der Waals surface area (Å²) in [5.41, 5.74) is 5.72. The molecule has 0 heterocycles. The van der Waals surface area contributed by atoms with Crippen molar-refractivity contribution in [1.82, 2.24) is 0 Å². The van der Waals surface area contributed by atoms with E-state index in [0.29, 0.717) is 17.8 Å². The third kappa shape index (κ3) is 2.85. The molecule has 3 N–H and O–H groups in total. The van der Waals surface area contributed by atoms with E-state index in [0.717, 1.165) is 0 Å². The minimum Gasteiger partial charge on any atom is -0.399 e. The molecule has 1 amide bonds. The summed E-state index contributed by atoms with van der Waals surface area (Å²) in [6.07, 6.45) is 0. The van der Waals surface area contributed by atoms with Crippen LogP contribution in [0.15, 0.2) is 36.4 Å². The lowest BCUT2D eigenvalue weighted by atomic mass is 10.2. The SMILES string of the molecule is Nc1ccc(C(=O)Nc2cc(F)c(F)cc2F)cc1. The average molecular weight is 266 g/mol. The third-order valence-corrected chi connectivity index (χ3v) is 2.43. The number of carbonyl (C=O) groups excluding carboxylic acids is 1. The lowest BCUT2D eigenvalue weighted by Gasteiger charge is -2.07. The number of anilines is 2. The molecule has 6 heteroatoms. The van der Waals surface area contributed by atoms with E-state index >= 15 is 0 Å². The molecule has 0 bridgehead atoms. The molecular weight excluding hydrogens is 257 g/mol. The number of nitrogens with one attached hydrogen (secondary N) is 1. The maximum absolute atomic E-state index is 13.3. The van der Waals surface area contributed by atoms with E-state index in [1.165, 1.54) is 24.3 Å². The lowest BCUT2D eigenvalue weighted by molar-refractivity contribution is 0.102. The fourth-order valence-corrected chi connectivity index (χ4v) is 1.45. The Kier molecular flexibility index (Phi) is 3.41. The predicted octanol–water partition coefficient (Wildman–Crippen LogP) is 2.94. The number of amides is 1. The van der Waals surface area contributed by atoms with Crippen molar-refractivity contribution < 1.29 is 18.0 Å². The molecule has 0 aliphatic rings. The van der Waals surface area contributed by atoms with Crippen molar-refractivity contribution in [1.29, 1.82) is 0 Å². The summed E-state index contributed by atoms with van der Waals surface area (Å²) in [5, 5.41) is 2.15. The summed E-state index contributed by atoms with van der Waals surface area (Å²) < 4.78 is 39.0. The summed E-state index contributed by atoms with van der Waals surface area (Å²) >= 11 is 0. The molecular formula is C13H9F3N2O. The number of nitrogens with two attached hydrogens (primary N) is 1. The van der Waals surface area contributed by atoms with E-state index in [-0.39, 0.29) is 5.56 Å². The first-order chi connectivity index (χ1) is 8.97. The summed E-state index contributed by atoms with van der Waals surface area (Å²) in [7, 11) is 0. The Balaban J connectivity index is 2.24. The highest BCUT2D eigenvalue weighted by atomic mass is 19.2. The highest BCUT2D eigenvalue weighted by Gasteiger charge is 2.13. The molecule has 3 nitrogen and oxygen atoms in total. The van der Waals surface area contributed by atoms with Crippen LogP contribution in [0.25, 0.3) is 0 Å². The molecule has 0 radical (unpaired) electrons. The van der Waals surface area contributed by atoms with Crippen LogP contribution >= 0.6 is 0 Å². The quantitative estimate of drug-likeness (QED) is 0.648. The molecule has 19 heavy (non-hydrogen) atoms. The zero-order valence-corrected chi connectivity index (χ0v) is 9.58. The number of hydrogen-bond donors (Lipinski definition) is 2. The van der Waals surface area contributed by atoms with E-state index in [9.17, 15) is 18.0 Å². The average Bonchev–Trinajstić information content (AvgIpc) is 2.36. The Bertz CT molecular complexity index is 627. The number of rotatable bonds is 2. The minimum atomic E-state index is -1.32. The zero-order valence-electron chi connectivity index (χ0n) is 9.58. The van der Waals surface area contributed by atoms with Crippen LogP contribution in [0.2, 0.25) is 0 Å². The van der Waals surface area contributed by atoms with Crippen molar-refractivity contribution in [2.24, 2.45) is 0 Å². The fourth-order valence-electron chi connectivity index (χ4n) is 1.45. The van der Waals surface area contributed by atoms with Gasteiger partial charge in [-0.1, -0.05) is 0 Å². The molecule has 0 atom stereocenters. The third-order valence-electron chi connectivity index (χ3n) is 2.43. The van der Waals surface area contributed by atoms with Gasteiger partial charge in [-0.05, 0) is 24.3 Å². The van der Waals surface area contributed by atoms with Gasteiger partial charge >= 0.3 is 0 Å². The van der Waals surface area contributed by atoms with E-state index in [1.807, 2.05) is 0 Å². The number of nitrogen functional groups attached to an aromatic ring is 1. The standard InChI is InChI=1S/C13H9F3N2O/c14-9-5-11(16)12(6-10(9)15)18-13(19)7-1-3-8(17)4-2-7/h1-6H,17H2,(H,18,19). The summed E-state index contributed by atoms with van der Waals surface area (Å²) in [4.78, 5) is 11.7. The van der Waals surface area contributed by atoms with Crippen molar-refractivity contribution >= 4 is 17.3 Å². The topological polar surface area (TPSA) is 55.1 Å². The van der Waals surface area contributed by atoms with Gasteiger partial charge in [-0.2, -0.15) is 0 Å². The van der Waals surface area contributed by atoms with Crippen LogP contribution < -0.4 is 11.1 Å². The maximum Gasteiger partial charge on any atom is 0.255 e. The Morgan fingerprint density at radius 1 is 0.947 bits per heavy atom.